The predicted molar refractivity (Wildman–Crippen MR) is 141 cm³/mol. The SMILES string of the molecule is CN1C(=O)[C@H](C2CCN(c3ccccc3)CC2)[C@@](C)(c2cc(-c3cccc(C#N)c3)cs2)N=C1N. The van der Waals surface area contributed by atoms with Crippen molar-refractivity contribution in [2.75, 3.05) is 25.0 Å². The van der Waals surface area contributed by atoms with Gasteiger partial charge in [-0.25, -0.2) is 4.99 Å². The molecule has 0 bridgehead atoms. The first-order valence-corrected chi connectivity index (χ1v) is 12.8. The lowest BCUT2D eigenvalue weighted by atomic mass is 9.70. The Kier molecular flexibility index (Phi) is 6.08. The normalized spacial score (nSPS) is 23.2. The van der Waals surface area contributed by atoms with Crippen molar-refractivity contribution in [2.24, 2.45) is 22.6 Å². The van der Waals surface area contributed by atoms with Gasteiger partial charge >= 0.3 is 0 Å². The zero-order valence-corrected chi connectivity index (χ0v) is 20.8. The zero-order chi connectivity index (χ0) is 24.6. The number of carbonyl (C=O) groups is 1. The molecule has 5 rings (SSSR count). The lowest BCUT2D eigenvalue weighted by Crippen LogP contribution is -2.56. The number of anilines is 1. The van der Waals surface area contributed by atoms with Crippen LogP contribution in [0.3, 0.4) is 0 Å². The summed E-state index contributed by atoms with van der Waals surface area (Å²) in [6.45, 7) is 3.88. The van der Waals surface area contributed by atoms with Gasteiger partial charge < -0.3 is 10.6 Å². The summed E-state index contributed by atoms with van der Waals surface area (Å²) in [4.78, 5) is 23.5. The molecule has 0 unspecified atom stereocenters. The highest BCUT2D eigenvalue weighted by Crippen LogP contribution is 2.47. The average Bonchev–Trinajstić information content (AvgIpc) is 3.40. The first kappa shape index (κ1) is 23.1. The Morgan fingerprint density at radius 3 is 2.54 bits per heavy atom. The lowest BCUT2D eigenvalue weighted by molar-refractivity contribution is -0.136. The Hall–Kier alpha value is -3.63. The standard InChI is InChI=1S/C28H29N5OS/c1-28(24-16-22(18-35-24)21-8-6-7-19(15-21)17-29)25(26(34)32(2)27(30)31-28)20-11-13-33(14-12-20)23-9-4-3-5-10-23/h3-10,15-16,18,20,25H,11-14H2,1-2H3,(H2,30,31)/t25-,28+/m0/s1. The summed E-state index contributed by atoms with van der Waals surface area (Å²) in [6, 6.07) is 22.4. The number of guanidine groups is 1. The number of nitrogens with two attached hydrogens (primary N) is 1. The van der Waals surface area contributed by atoms with Gasteiger partial charge in [0, 0.05) is 30.7 Å². The molecule has 1 amide bonds. The smallest absolute Gasteiger partial charge is 0.235 e. The molecule has 178 valence electrons. The maximum absolute atomic E-state index is 13.7. The number of para-hydroxylation sites is 1. The monoisotopic (exact) mass is 483 g/mol. The molecule has 35 heavy (non-hydrogen) atoms. The Labute approximate surface area is 210 Å². The van der Waals surface area contributed by atoms with Crippen molar-refractivity contribution < 1.29 is 4.79 Å². The number of piperidine rings is 1. The summed E-state index contributed by atoms with van der Waals surface area (Å²) in [5.41, 5.74) is 9.38. The number of amides is 1. The van der Waals surface area contributed by atoms with Gasteiger partial charge in [0.1, 0.15) is 5.54 Å². The maximum Gasteiger partial charge on any atom is 0.235 e. The third kappa shape index (κ3) is 4.19. The summed E-state index contributed by atoms with van der Waals surface area (Å²) in [7, 11) is 1.72. The number of hydrogen-bond acceptors (Lipinski definition) is 6. The van der Waals surface area contributed by atoms with Crippen LogP contribution in [0, 0.1) is 23.2 Å². The Morgan fingerprint density at radius 1 is 1.09 bits per heavy atom. The van der Waals surface area contributed by atoms with Crippen molar-refractivity contribution in [3.63, 3.8) is 0 Å². The molecule has 1 saturated heterocycles. The minimum Gasteiger partial charge on any atom is -0.372 e. The molecule has 2 aromatic carbocycles. The van der Waals surface area contributed by atoms with Gasteiger partial charge in [-0.15, -0.1) is 11.3 Å². The van der Waals surface area contributed by atoms with Crippen LogP contribution < -0.4 is 10.6 Å². The van der Waals surface area contributed by atoms with E-state index in [0.717, 1.165) is 41.9 Å². The number of thiophene rings is 1. The molecule has 3 aromatic rings. The molecule has 2 aliphatic rings. The van der Waals surface area contributed by atoms with Crippen LogP contribution in [0.25, 0.3) is 11.1 Å². The maximum atomic E-state index is 13.7. The molecule has 3 heterocycles. The van der Waals surface area contributed by atoms with E-state index >= 15 is 0 Å². The Bertz CT molecular complexity index is 1300. The summed E-state index contributed by atoms with van der Waals surface area (Å²) in [5, 5.41) is 11.4. The fourth-order valence-corrected chi connectivity index (χ4v) is 6.53. The van der Waals surface area contributed by atoms with E-state index in [1.54, 1.807) is 24.5 Å². The van der Waals surface area contributed by atoms with Crippen LogP contribution in [0.1, 0.15) is 30.2 Å². The van der Waals surface area contributed by atoms with Crippen LogP contribution in [0.2, 0.25) is 0 Å². The van der Waals surface area contributed by atoms with Crippen LogP contribution in [0.15, 0.2) is 71.0 Å². The molecular weight excluding hydrogens is 454 g/mol. The van der Waals surface area contributed by atoms with Crippen molar-refractivity contribution in [2.45, 2.75) is 25.3 Å². The molecule has 1 aromatic heterocycles. The number of hydrogen-bond donors (Lipinski definition) is 1. The second kappa shape index (κ2) is 9.20. The fourth-order valence-electron chi connectivity index (χ4n) is 5.46. The van der Waals surface area contributed by atoms with Gasteiger partial charge in [-0.05, 0) is 72.5 Å². The minimum absolute atomic E-state index is 0.0413. The van der Waals surface area contributed by atoms with E-state index in [1.807, 2.05) is 24.3 Å². The molecule has 0 spiro atoms. The number of carbonyl (C=O) groups excluding carboxylic acids is 1. The van der Waals surface area contributed by atoms with E-state index < -0.39 is 5.54 Å². The van der Waals surface area contributed by atoms with Crippen LogP contribution in [-0.4, -0.2) is 36.9 Å². The molecule has 0 aliphatic carbocycles. The third-order valence-corrected chi connectivity index (χ3v) is 8.61. The van der Waals surface area contributed by atoms with Crippen molar-refractivity contribution in [3.05, 3.63) is 76.5 Å². The first-order chi connectivity index (χ1) is 16.9. The molecule has 2 aliphatic heterocycles. The third-order valence-electron chi connectivity index (χ3n) is 7.45. The highest BCUT2D eigenvalue weighted by molar-refractivity contribution is 7.10. The number of benzene rings is 2. The van der Waals surface area contributed by atoms with Gasteiger partial charge in [-0.1, -0.05) is 30.3 Å². The van der Waals surface area contributed by atoms with Gasteiger partial charge in [-0.3, -0.25) is 9.69 Å². The molecule has 2 N–H and O–H groups in total. The van der Waals surface area contributed by atoms with Crippen molar-refractivity contribution in [3.8, 4) is 17.2 Å². The van der Waals surface area contributed by atoms with Crippen LogP contribution in [0.4, 0.5) is 5.69 Å². The molecule has 1 fully saturated rings. The van der Waals surface area contributed by atoms with E-state index in [0.29, 0.717) is 5.56 Å². The van der Waals surface area contributed by atoms with Crippen LogP contribution in [-0.2, 0) is 10.3 Å². The summed E-state index contributed by atoms with van der Waals surface area (Å²) in [5.74, 6) is 0.227. The Balaban J connectivity index is 1.46. The van der Waals surface area contributed by atoms with Gasteiger partial charge in [0.2, 0.25) is 5.91 Å². The second-order valence-electron chi connectivity index (χ2n) is 9.54. The van der Waals surface area contributed by atoms with Gasteiger partial charge in [-0.2, -0.15) is 5.26 Å². The first-order valence-electron chi connectivity index (χ1n) is 11.9. The molecule has 0 radical (unpaired) electrons. The molecule has 2 atom stereocenters. The zero-order valence-electron chi connectivity index (χ0n) is 20.0. The van der Waals surface area contributed by atoms with Crippen molar-refractivity contribution >= 4 is 28.9 Å². The van der Waals surface area contributed by atoms with E-state index in [9.17, 15) is 10.1 Å². The average molecular weight is 484 g/mol. The van der Waals surface area contributed by atoms with Crippen LogP contribution >= 0.6 is 11.3 Å². The molecular formula is C28H29N5OS. The predicted octanol–water partition coefficient (Wildman–Crippen LogP) is 4.82. The largest absolute Gasteiger partial charge is 0.372 e. The molecule has 7 heteroatoms. The molecule has 6 nitrogen and oxygen atoms in total. The van der Waals surface area contributed by atoms with E-state index in [2.05, 4.69) is 53.6 Å². The second-order valence-corrected chi connectivity index (χ2v) is 10.5. The number of nitrogens with zero attached hydrogens (tertiary/aromatic N) is 4. The van der Waals surface area contributed by atoms with Gasteiger partial charge in [0.25, 0.3) is 0 Å². The van der Waals surface area contributed by atoms with Gasteiger partial charge in [0.15, 0.2) is 5.96 Å². The topological polar surface area (TPSA) is 85.7 Å². The van der Waals surface area contributed by atoms with E-state index in [1.165, 1.54) is 10.6 Å². The molecule has 0 saturated carbocycles. The van der Waals surface area contributed by atoms with E-state index in [4.69, 9.17) is 10.7 Å². The summed E-state index contributed by atoms with van der Waals surface area (Å²) < 4.78 is 0. The van der Waals surface area contributed by atoms with Gasteiger partial charge in [0.05, 0.1) is 17.6 Å². The van der Waals surface area contributed by atoms with Crippen LogP contribution in [0.5, 0.6) is 0 Å². The fraction of sp³-hybridized carbons (Fsp3) is 0.321. The number of rotatable bonds is 4. The quantitative estimate of drug-likeness (QED) is 0.576. The van der Waals surface area contributed by atoms with Crippen molar-refractivity contribution in [1.29, 1.82) is 5.26 Å². The Morgan fingerprint density at radius 2 is 1.83 bits per heavy atom. The summed E-state index contributed by atoms with van der Waals surface area (Å²) >= 11 is 1.61. The highest BCUT2D eigenvalue weighted by Gasteiger charge is 2.51. The number of nitriles is 1. The highest BCUT2D eigenvalue weighted by atomic mass is 32.1. The van der Waals surface area contributed by atoms with Crippen molar-refractivity contribution in [1.82, 2.24) is 4.90 Å². The lowest BCUT2D eigenvalue weighted by Gasteiger charge is -2.46. The number of aliphatic imine (C=N–C) groups is 1. The van der Waals surface area contributed by atoms with E-state index in [-0.39, 0.29) is 23.7 Å². The minimum atomic E-state index is -0.733. The summed E-state index contributed by atoms with van der Waals surface area (Å²) in [6.07, 6.45) is 1.85.